The lowest BCUT2D eigenvalue weighted by Gasteiger charge is -2.33. The van der Waals surface area contributed by atoms with E-state index >= 15 is 0 Å². The highest BCUT2D eigenvalue weighted by atomic mass is 79.9. The first kappa shape index (κ1) is 26.5. The van der Waals surface area contributed by atoms with Crippen molar-refractivity contribution in [1.82, 2.24) is 24.4 Å². The van der Waals surface area contributed by atoms with Gasteiger partial charge in [-0.05, 0) is 71.9 Å². The number of carbonyl (C=O) groups excluding carboxylic acids is 2. The van der Waals surface area contributed by atoms with Gasteiger partial charge in [0.25, 0.3) is 5.91 Å². The summed E-state index contributed by atoms with van der Waals surface area (Å²) in [6, 6.07) is 3.81. The summed E-state index contributed by atoms with van der Waals surface area (Å²) in [5.41, 5.74) is 6.71. The number of piperidine rings is 1. The number of hydrogen-bond donors (Lipinski definition) is 1. The van der Waals surface area contributed by atoms with E-state index in [1.807, 2.05) is 16.7 Å². The molecule has 1 aromatic carbocycles. The number of rotatable bonds is 7. The predicted octanol–water partition coefficient (Wildman–Crippen LogP) is 3.63. The van der Waals surface area contributed by atoms with Gasteiger partial charge < -0.3 is 29.4 Å². The van der Waals surface area contributed by atoms with Gasteiger partial charge in [-0.2, -0.15) is 0 Å². The number of carbonyl (C=O) groups is 2. The highest BCUT2D eigenvalue weighted by molar-refractivity contribution is 9.10. The Morgan fingerprint density at radius 3 is 2.63 bits per heavy atom. The van der Waals surface area contributed by atoms with E-state index in [-0.39, 0.29) is 5.91 Å². The summed E-state index contributed by atoms with van der Waals surface area (Å²) in [6.45, 7) is 5.98. The molecule has 1 aromatic rings. The van der Waals surface area contributed by atoms with Gasteiger partial charge >= 0.3 is 5.97 Å². The number of nitrogens with two attached hydrogens (primary N) is 1. The molecule has 4 heterocycles. The highest BCUT2D eigenvalue weighted by Gasteiger charge is 2.28. The molecule has 0 aliphatic carbocycles. The third-order valence-corrected chi connectivity index (χ3v) is 8.51. The molecular weight excluding hydrogens is 576 g/mol. The Balaban J connectivity index is 1.23. The third kappa shape index (κ3) is 5.83. The van der Waals surface area contributed by atoms with E-state index in [2.05, 4.69) is 25.9 Å². The van der Waals surface area contributed by atoms with Crippen LogP contribution in [0.1, 0.15) is 33.1 Å². The molecule has 0 saturated carbocycles. The number of imidazole rings is 1. The maximum Gasteiger partial charge on any atom is 0.303 e. The summed E-state index contributed by atoms with van der Waals surface area (Å²) in [6.07, 6.45) is 3.64. The summed E-state index contributed by atoms with van der Waals surface area (Å²) in [5, 5.41) is 0.569. The van der Waals surface area contributed by atoms with Gasteiger partial charge in [0, 0.05) is 35.9 Å². The first-order chi connectivity index (χ1) is 18.3. The van der Waals surface area contributed by atoms with Crippen molar-refractivity contribution in [3.8, 4) is 23.0 Å². The number of aryl methyl sites for hydroxylation is 1. The van der Waals surface area contributed by atoms with Crippen LogP contribution in [0.3, 0.4) is 0 Å². The summed E-state index contributed by atoms with van der Waals surface area (Å²) in [7, 11) is 0. The van der Waals surface area contributed by atoms with Crippen molar-refractivity contribution >= 4 is 45.4 Å². The van der Waals surface area contributed by atoms with Crippen LogP contribution in [0, 0.1) is 5.92 Å². The van der Waals surface area contributed by atoms with Crippen molar-refractivity contribution in [1.29, 1.82) is 0 Å². The van der Waals surface area contributed by atoms with Gasteiger partial charge in [0.2, 0.25) is 0 Å². The van der Waals surface area contributed by atoms with Gasteiger partial charge in [0.1, 0.15) is 13.2 Å². The van der Waals surface area contributed by atoms with E-state index in [1.54, 1.807) is 18.2 Å². The zero-order valence-electron chi connectivity index (χ0n) is 21.2. The number of ether oxygens (including phenoxy) is 3. The molecule has 1 fully saturated rings. The Morgan fingerprint density at radius 2 is 1.92 bits per heavy atom. The lowest BCUT2D eigenvalue weighted by molar-refractivity contribution is -0.158. The van der Waals surface area contributed by atoms with Gasteiger partial charge in [-0.3, -0.25) is 9.59 Å². The minimum atomic E-state index is -0.750. The van der Waals surface area contributed by atoms with E-state index in [1.165, 1.54) is 18.7 Å². The molecule has 4 aliphatic rings. The van der Waals surface area contributed by atoms with Crippen molar-refractivity contribution in [3.63, 3.8) is 0 Å². The number of nitrogen functional groups attached to an aromatic ring is 1. The summed E-state index contributed by atoms with van der Waals surface area (Å²) >= 11 is 5.02. The first-order valence-electron chi connectivity index (χ1n) is 12.5. The molecule has 0 radical (unpaired) electrons. The van der Waals surface area contributed by atoms with Gasteiger partial charge in [0.05, 0.1) is 6.33 Å². The molecule has 202 valence electrons. The smallest absolute Gasteiger partial charge is 0.303 e. The second-order valence-electron chi connectivity index (χ2n) is 9.34. The number of fused-ring (bicyclic) bond motifs is 2. The summed E-state index contributed by atoms with van der Waals surface area (Å²) < 4.78 is 19.3. The lowest BCUT2D eigenvalue weighted by Crippen LogP contribution is -2.44. The number of aromatic nitrogens is 4. The fraction of sp³-hybridized carbons (Fsp3) is 0.480. The number of halogens is 1. The molecule has 2 N–H and O–H groups in total. The number of likely N-dealkylation sites (tertiary alicyclic amines) is 1. The average Bonchev–Trinajstić information content (AvgIpc) is 3.33. The van der Waals surface area contributed by atoms with Crippen LogP contribution in [-0.4, -0.2) is 68.7 Å². The van der Waals surface area contributed by atoms with E-state index in [0.717, 1.165) is 28.6 Å². The molecule has 4 aliphatic heterocycles. The normalized spacial score (nSPS) is 16.4. The highest BCUT2D eigenvalue weighted by Crippen LogP contribution is 2.42. The van der Waals surface area contributed by atoms with Crippen molar-refractivity contribution in [3.05, 3.63) is 22.9 Å². The number of anilines is 1. The summed E-state index contributed by atoms with van der Waals surface area (Å²) in [5.74, 6) is 2.30. The van der Waals surface area contributed by atoms with E-state index in [9.17, 15) is 9.59 Å². The van der Waals surface area contributed by atoms with Gasteiger partial charge in [0.15, 0.2) is 40.1 Å². The maximum atomic E-state index is 12.5. The zero-order valence-corrected chi connectivity index (χ0v) is 23.6. The number of esters is 1. The zero-order chi connectivity index (χ0) is 26.8. The molecular formula is C25H29BrN6O5S. The van der Waals surface area contributed by atoms with Crippen molar-refractivity contribution in [2.75, 3.05) is 32.0 Å². The van der Waals surface area contributed by atoms with Crippen LogP contribution < -0.4 is 15.2 Å². The Hall–Kier alpha value is -3.06. The van der Waals surface area contributed by atoms with Crippen molar-refractivity contribution in [2.45, 2.75) is 55.8 Å². The van der Waals surface area contributed by atoms with Crippen LogP contribution in [0.15, 0.2) is 33.0 Å². The molecule has 5 rings (SSSR count). The van der Waals surface area contributed by atoms with Crippen molar-refractivity contribution in [2.24, 2.45) is 5.92 Å². The molecule has 11 nitrogen and oxygen atoms in total. The minimum absolute atomic E-state index is 0.140. The molecule has 0 unspecified atom stereocenters. The molecule has 1 atom stereocenters. The Labute approximate surface area is 232 Å². The minimum Gasteiger partial charge on any atom is -0.486 e. The molecule has 0 bridgehead atoms. The maximum absolute atomic E-state index is 12.5. The van der Waals surface area contributed by atoms with Gasteiger partial charge in [-0.25, -0.2) is 15.0 Å². The molecule has 0 aromatic heterocycles. The van der Waals surface area contributed by atoms with Gasteiger partial charge in [-0.1, -0.05) is 0 Å². The Bertz CT molecular complexity index is 1310. The lowest BCUT2D eigenvalue weighted by atomic mass is 9.93. The first-order valence-corrected chi connectivity index (χ1v) is 14.1. The van der Waals surface area contributed by atoms with Crippen LogP contribution >= 0.6 is 27.7 Å². The van der Waals surface area contributed by atoms with Crippen molar-refractivity contribution < 1.29 is 23.8 Å². The number of benzene rings is 1. The number of nitrogens with zero attached hydrogens (tertiary/aromatic N) is 5. The summed E-state index contributed by atoms with van der Waals surface area (Å²) in [4.78, 5) is 40.1. The topological polar surface area (TPSA) is 135 Å². The second kappa shape index (κ2) is 11.4. The predicted molar refractivity (Wildman–Crippen MR) is 143 cm³/mol. The van der Waals surface area contributed by atoms with E-state index in [0.29, 0.717) is 72.8 Å². The van der Waals surface area contributed by atoms with Crippen LogP contribution in [0.5, 0.6) is 11.5 Å². The molecule has 1 amide bonds. The third-order valence-electron chi connectivity index (χ3n) is 6.66. The van der Waals surface area contributed by atoms with E-state index in [4.69, 9.17) is 24.9 Å². The number of amides is 1. The Morgan fingerprint density at radius 1 is 1.21 bits per heavy atom. The SMILES string of the molecule is CC(=O)O[C@@H](C)C(=O)N1CCC(CCn2cnc(N)c3nc(Sc4cc5c(cc4Br)OCCO5)nc2-3)CC1. The molecule has 1 saturated heterocycles. The van der Waals surface area contributed by atoms with Crippen LogP contribution in [0.4, 0.5) is 5.82 Å². The fourth-order valence-corrected chi connectivity index (χ4v) is 6.04. The number of hydrogen-bond acceptors (Lipinski definition) is 10. The molecule has 0 spiro atoms. The quantitative estimate of drug-likeness (QED) is 0.398. The van der Waals surface area contributed by atoms with Crippen LogP contribution in [-0.2, 0) is 20.9 Å². The van der Waals surface area contributed by atoms with Crippen LogP contribution in [0.2, 0.25) is 0 Å². The van der Waals surface area contributed by atoms with Crippen LogP contribution in [0.25, 0.3) is 11.5 Å². The van der Waals surface area contributed by atoms with Gasteiger partial charge in [-0.15, -0.1) is 0 Å². The standard InChI is InChI=1S/C25H29BrN6O5S/c1-14(37-15(2)33)24(34)31-6-3-16(4-7-31)5-8-32-13-28-22(27)21-23(32)30-25(29-21)38-20-12-19-18(11-17(20)26)35-9-10-36-19/h11-14,16H,3-10,27H2,1-2H3/t14-/m0/s1. The second-order valence-corrected chi connectivity index (χ2v) is 11.2. The fourth-order valence-electron chi connectivity index (χ4n) is 4.69. The largest absolute Gasteiger partial charge is 0.486 e. The molecule has 38 heavy (non-hydrogen) atoms. The average molecular weight is 606 g/mol. The monoisotopic (exact) mass is 604 g/mol. The molecule has 13 heteroatoms. The Kier molecular flexibility index (Phi) is 7.93. The van der Waals surface area contributed by atoms with E-state index < -0.39 is 12.1 Å².